The van der Waals surface area contributed by atoms with E-state index in [1.54, 1.807) is 13.4 Å². The zero-order chi connectivity index (χ0) is 20.8. The first-order chi connectivity index (χ1) is 14.0. The van der Waals surface area contributed by atoms with Crippen LogP contribution in [0.2, 0.25) is 0 Å². The van der Waals surface area contributed by atoms with Gasteiger partial charge in [-0.2, -0.15) is 0 Å². The number of carbonyl (C=O) groups is 1. The molecule has 1 amide bonds. The van der Waals surface area contributed by atoms with Crippen LogP contribution < -0.4 is 5.32 Å². The Morgan fingerprint density at radius 2 is 1.97 bits per heavy atom. The van der Waals surface area contributed by atoms with E-state index in [4.69, 9.17) is 9.15 Å². The predicted octanol–water partition coefficient (Wildman–Crippen LogP) is 4.23. The third kappa shape index (κ3) is 5.48. The van der Waals surface area contributed by atoms with E-state index in [2.05, 4.69) is 21.6 Å². The molecule has 1 aromatic carbocycles. The van der Waals surface area contributed by atoms with E-state index in [-0.39, 0.29) is 11.7 Å². The fourth-order valence-electron chi connectivity index (χ4n) is 3.15. The number of aromatic nitrogens is 3. The predicted molar refractivity (Wildman–Crippen MR) is 114 cm³/mol. The highest BCUT2D eigenvalue weighted by Crippen LogP contribution is 2.27. The van der Waals surface area contributed by atoms with Crippen molar-refractivity contribution in [1.82, 2.24) is 14.8 Å². The Hall–Kier alpha value is -2.58. The largest absolute Gasteiger partial charge is 0.469 e. The Morgan fingerprint density at radius 3 is 2.62 bits per heavy atom. The number of amides is 1. The standard InChI is InChI=1S/C21H26N4O3S/c1-14-10-15(2)12-17(11-14)22-19(26)13-29-21-24-23-20(18-6-9-28-16(18)3)25(21)7-5-8-27-4/h6,9-12H,5,7-8,13H2,1-4H3,(H,22,26). The van der Waals surface area contributed by atoms with E-state index in [0.29, 0.717) is 18.3 Å². The monoisotopic (exact) mass is 414 g/mol. The molecule has 3 rings (SSSR count). The number of carbonyl (C=O) groups excluding carboxylic acids is 1. The van der Waals surface area contributed by atoms with Crippen molar-refractivity contribution >= 4 is 23.4 Å². The number of furan rings is 1. The molecule has 7 nitrogen and oxygen atoms in total. The summed E-state index contributed by atoms with van der Waals surface area (Å²) >= 11 is 1.37. The topological polar surface area (TPSA) is 82.2 Å². The summed E-state index contributed by atoms with van der Waals surface area (Å²) in [6.45, 7) is 7.26. The van der Waals surface area contributed by atoms with Gasteiger partial charge >= 0.3 is 0 Å². The van der Waals surface area contributed by atoms with Crippen molar-refractivity contribution in [2.75, 3.05) is 24.8 Å². The van der Waals surface area contributed by atoms with Gasteiger partial charge in [0, 0.05) is 25.9 Å². The summed E-state index contributed by atoms with van der Waals surface area (Å²) in [5.41, 5.74) is 3.95. The summed E-state index contributed by atoms with van der Waals surface area (Å²) in [5, 5.41) is 12.3. The lowest BCUT2D eigenvalue weighted by Crippen LogP contribution is -2.15. The average Bonchev–Trinajstić information content (AvgIpc) is 3.25. The first-order valence-electron chi connectivity index (χ1n) is 9.45. The Labute approximate surface area is 174 Å². The van der Waals surface area contributed by atoms with Gasteiger partial charge in [-0.05, 0) is 56.5 Å². The fourth-order valence-corrected chi connectivity index (χ4v) is 3.92. The lowest BCUT2D eigenvalue weighted by atomic mass is 10.1. The zero-order valence-electron chi connectivity index (χ0n) is 17.2. The highest BCUT2D eigenvalue weighted by Gasteiger charge is 2.18. The zero-order valence-corrected chi connectivity index (χ0v) is 18.0. The third-order valence-corrected chi connectivity index (χ3v) is 5.35. The van der Waals surface area contributed by atoms with Crippen molar-refractivity contribution in [2.45, 2.75) is 38.9 Å². The first-order valence-corrected chi connectivity index (χ1v) is 10.4. The van der Waals surface area contributed by atoms with Gasteiger partial charge in [-0.25, -0.2) is 0 Å². The summed E-state index contributed by atoms with van der Waals surface area (Å²) in [6, 6.07) is 7.88. The van der Waals surface area contributed by atoms with Gasteiger partial charge in [0.25, 0.3) is 0 Å². The van der Waals surface area contributed by atoms with Crippen LogP contribution >= 0.6 is 11.8 Å². The molecule has 154 valence electrons. The number of methoxy groups -OCH3 is 1. The van der Waals surface area contributed by atoms with Gasteiger partial charge in [-0.1, -0.05) is 17.8 Å². The van der Waals surface area contributed by atoms with E-state index >= 15 is 0 Å². The van der Waals surface area contributed by atoms with Crippen LogP contribution in [0.5, 0.6) is 0 Å². The maximum atomic E-state index is 12.4. The number of thioether (sulfide) groups is 1. The second kappa shape index (κ2) is 9.76. The minimum absolute atomic E-state index is 0.0764. The number of nitrogens with one attached hydrogen (secondary N) is 1. The molecule has 2 aromatic heterocycles. The molecule has 3 aromatic rings. The molecule has 0 bridgehead atoms. The molecule has 0 spiro atoms. The number of nitrogens with zero attached hydrogens (tertiary/aromatic N) is 3. The lowest BCUT2D eigenvalue weighted by Gasteiger charge is -2.10. The van der Waals surface area contributed by atoms with Crippen molar-refractivity contribution in [3.8, 4) is 11.4 Å². The number of rotatable bonds is 9. The van der Waals surface area contributed by atoms with Crippen LogP contribution in [-0.4, -0.2) is 40.1 Å². The SMILES string of the molecule is COCCCn1c(SCC(=O)Nc2cc(C)cc(C)c2)nnc1-c1ccoc1C. The van der Waals surface area contributed by atoms with E-state index in [1.165, 1.54) is 11.8 Å². The maximum absolute atomic E-state index is 12.4. The van der Waals surface area contributed by atoms with Crippen LogP contribution in [-0.2, 0) is 16.1 Å². The lowest BCUT2D eigenvalue weighted by molar-refractivity contribution is -0.113. The molecule has 0 unspecified atom stereocenters. The molecular weight excluding hydrogens is 388 g/mol. The summed E-state index contributed by atoms with van der Waals surface area (Å²) in [7, 11) is 1.68. The molecular formula is C21H26N4O3S. The smallest absolute Gasteiger partial charge is 0.234 e. The van der Waals surface area contributed by atoms with E-state index < -0.39 is 0 Å². The number of aryl methyl sites for hydroxylation is 3. The average molecular weight is 415 g/mol. The summed E-state index contributed by atoms with van der Waals surface area (Å²) in [5.74, 6) is 1.70. The fraction of sp³-hybridized carbons (Fsp3) is 0.381. The Bertz CT molecular complexity index is 960. The molecule has 0 fully saturated rings. The van der Waals surface area contributed by atoms with Crippen LogP contribution in [0.3, 0.4) is 0 Å². The van der Waals surface area contributed by atoms with Gasteiger partial charge < -0.3 is 19.0 Å². The van der Waals surface area contributed by atoms with Crippen molar-refractivity contribution < 1.29 is 13.9 Å². The molecule has 0 radical (unpaired) electrons. The highest BCUT2D eigenvalue weighted by molar-refractivity contribution is 7.99. The van der Waals surface area contributed by atoms with Gasteiger partial charge in [0.1, 0.15) is 5.76 Å². The van der Waals surface area contributed by atoms with Crippen LogP contribution in [0.15, 0.2) is 40.1 Å². The quantitative estimate of drug-likeness (QED) is 0.417. The molecule has 29 heavy (non-hydrogen) atoms. The van der Waals surface area contributed by atoms with Gasteiger partial charge in [-0.3, -0.25) is 4.79 Å². The molecule has 8 heteroatoms. The number of hydrogen-bond donors (Lipinski definition) is 1. The van der Waals surface area contributed by atoms with Crippen LogP contribution in [0, 0.1) is 20.8 Å². The molecule has 0 saturated carbocycles. The van der Waals surface area contributed by atoms with E-state index in [9.17, 15) is 4.79 Å². The number of anilines is 1. The Balaban J connectivity index is 1.71. The summed E-state index contributed by atoms with van der Waals surface area (Å²) in [6.07, 6.45) is 2.46. The Morgan fingerprint density at radius 1 is 1.21 bits per heavy atom. The molecule has 1 N–H and O–H groups in total. The Kier molecular flexibility index (Phi) is 7.11. The molecule has 0 aliphatic heterocycles. The van der Waals surface area contributed by atoms with Crippen molar-refractivity contribution in [3.05, 3.63) is 47.4 Å². The van der Waals surface area contributed by atoms with Gasteiger partial charge in [-0.15, -0.1) is 10.2 Å². The normalized spacial score (nSPS) is 11.0. The second-order valence-corrected chi connectivity index (χ2v) is 7.85. The first kappa shape index (κ1) is 21.1. The maximum Gasteiger partial charge on any atom is 0.234 e. The van der Waals surface area contributed by atoms with Crippen LogP contribution in [0.25, 0.3) is 11.4 Å². The van der Waals surface area contributed by atoms with Crippen molar-refractivity contribution in [1.29, 1.82) is 0 Å². The van der Waals surface area contributed by atoms with E-state index in [1.807, 2.05) is 43.5 Å². The van der Waals surface area contributed by atoms with Gasteiger partial charge in [0.15, 0.2) is 11.0 Å². The summed E-state index contributed by atoms with van der Waals surface area (Å²) < 4.78 is 12.6. The van der Waals surface area contributed by atoms with E-state index in [0.717, 1.165) is 40.4 Å². The molecule has 0 saturated heterocycles. The third-order valence-electron chi connectivity index (χ3n) is 4.38. The van der Waals surface area contributed by atoms with Crippen molar-refractivity contribution in [3.63, 3.8) is 0 Å². The molecule has 0 aliphatic rings. The number of hydrogen-bond acceptors (Lipinski definition) is 6. The second-order valence-electron chi connectivity index (χ2n) is 6.91. The number of benzene rings is 1. The number of ether oxygens (including phenoxy) is 1. The minimum Gasteiger partial charge on any atom is -0.469 e. The van der Waals surface area contributed by atoms with Gasteiger partial charge in [0.05, 0.1) is 17.6 Å². The molecule has 0 atom stereocenters. The molecule has 0 aliphatic carbocycles. The van der Waals surface area contributed by atoms with Crippen molar-refractivity contribution in [2.24, 2.45) is 0 Å². The van der Waals surface area contributed by atoms with Gasteiger partial charge in [0.2, 0.25) is 5.91 Å². The summed E-state index contributed by atoms with van der Waals surface area (Å²) in [4.78, 5) is 12.4. The van der Waals surface area contributed by atoms with Crippen LogP contribution in [0.4, 0.5) is 5.69 Å². The highest BCUT2D eigenvalue weighted by atomic mass is 32.2. The minimum atomic E-state index is -0.0764. The molecule has 2 heterocycles. The van der Waals surface area contributed by atoms with Crippen LogP contribution in [0.1, 0.15) is 23.3 Å².